The summed E-state index contributed by atoms with van der Waals surface area (Å²) in [6.45, 7) is 2.57. The number of likely N-dealkylation sites (tertiary alicyclic amines) is 1. The van der Waals surface area contributed by atoms with E-state index in [1.54, 1.807) is 30.7 Å². The van der Waals surface area contributed by atoms with Crippen LogP contribution in [0.4, 0.5) is 0 Å². The van der Waals surface area contributed by atoms with Gasteiger partial charge in [-0.15, -0.1) is 0 Å². The standard InChI is InChI=1S/C19H21N3O3/c23-18(15-4-9-20-10-5-15)22-11-6-16-19(13-22,7-12-24-16)14-25-17-3-1-2-8-21-17/h1-5,8-10,16H,6-7,11-14H2/t16-,19+/m1/s1. The van der Waals surface area contributed by atoms with Crippen molar-refractivity contribution in [3.05, 3.63) is 54.5 Å². The van der Waals surface area contributed by atoms with E-state index in [0.717, 1.165) is 12.8 Å². The van der Waals surface area contributed by atoms with Crippen molar-refractivity contribution in [1.29, 1.82) is 0 Å². The lowest BCUT2D eigenvalue weighted by atomic mass is 9.77. The van der Waals surface area contributed by atoms with Gasteiger partial charge in [-0.2, -0.15) is 0 Å². The number of carbonyl (C=O) groups excluding carboxylic acids is 1. The number of pyridine rings is 2. The zero-order valence-corrected chi connectivity index (χ0v) is 14.0. The van der Waals surface area contributed by atoms with Gasteiger partial charge in [-0.1, -0.05) is 6.07 Å². The van der Waals surface area contributed by atoms with Gasteiger partial charge in [0.25, 0.3) is 5.91 Å². The number of piperidine rings is 1. The Hall–Kier alpha value is -2.47. The molecule has 2 aliphatic rings. The fourth-order valence-corrected chi connectivity index (χ4v) is 3.76. The van der Waals surface area contributed by atoms with Crippen LogP contribution in [0.15, 0.2) is 48.9 Å². The van der Waals surface area contributed by atoms with Gasteiger partial charge in [0.1, 0.15) is 0 Å². The van der Waals surface area contributed by atoms with E-state index in [1.165, 1.54) is 0 Å². The molecule has 1 amide bonds. The zero-order valence-electron chi connectivity index (χ0n) is 14.0. The highest BCUT2D eigenvalue weighted by Crippen LogP contribution is 2.41. The predicted molar refractivity (Wildman–Crippen MR) is 91.3 cm³/mol. The monoisotopic (exact) mass is 339 g/mol. The van der Waals surface area contributed by atoms with E-state index in [0.29, 0.717) is 37.7 Å². The second kappa shape index (κ2) is 6.80. The molecule has 2 aliphatic heterocycles. The zero-order chi connectivity index (χ0) is 17.1. The van der Waals surface area contributed by atoms with Crippen LogP contribution in [-0.4, -0.2) is 53.2 Å². The van der Waals surface area contributed by atoms with Crippen LogP contribution in [0.3, 0.4) is 0 Å². The Morgan fingerprint density at radius 2 is 2.16 bits per heavy atom. The molecule has 0 bridgehead atoms. The molecule has 0 aliphatic carbocycles. The van der Waals surface area contributed by atoms with Crippen molar-refractivity contribution < 1.29 is 14.3 Å². The average Bonchev–Trinajstić information content (AvgIpc) is 3.11. The van der Waals surface area contributed by atoms with Crippen LogP contribution in [0.1, 0.15) is 23.2 Å². The number of rotatable bonds is 4. The van der Waals surface area contributed by atoms with Gasteiger partial charge in [-0.05, 0) is 31.0 Å². The van der Waals surface area contributed by atoms with Crippen LogP contribution >= 0.6 is 0 Å². The van der Waals surface area contributed by atoms with E-state index in [4.69, 9.17) is 9.47 Å². The van der Waals surface area contributed by atoms with Crippen molar-refractivity contribution in [2.24, 2.45) is 5.41 Å². The third-order valence-electron chi connectivity index (χ3n) is 5.13. The Bertz CT molecular complexity index is 725. The molecular weight excluding hydrogens is 318 g/mol. The molecule has 2 atom stereocenters. The van der Waals surface area contributed by atoms with Gasteiger partial charge >= 0.3 is 0 Å². The van der Waals surface area contributed by atoms with Crippen LogP contribution in [0, 0.1) is 5.41 Å². The molecule has 2 saturated heterocycles. The molecule has 0 N–H and O–H groups in total. The average molecular weight is 339 g/mol. The first-order valence-corrected chi connectivity index (χ1v) is 8.62. The van der Waals surface area contributed by atoms with Gasteiger partial charge in [-0.3, -0.25) is 9.78 Å². The van der Waals surface area contributed by atoms with Crippen LogP contribution in [0.2, 0.25) is 0 Å². The molecule has 4 heterocycles. The molecule has 0 saturated carbocycles. The fourth-order valence-electron chi connectivity index (χ4n) is 3.76. The van der Waals surface area contributed by atoms with Crippen LogP contribution in [-0.2, 0) is 4.74 Å². The SMILES string of the molecule is O=C(c1ccncc1)N1CC[C@H]2OCC[C@@]2(COc2ccccn2)C1. The molecule has 130 valence electrons. The van der Waals surface area contributed by atoms with E-state index in [-0.39, 0.29) is 17.4 Å². The van der Waals surface area contributed by atoms with Crippen molar-refractivity contribution in [2.45, 2.75) is 18.9 Å². The Labute approximate surface area is 146 Å². The van der Waals surface area contributed by atoms with Crippen molar-refractivity contribution in [3.63, 3.8) is 0 Å². The van der Waals surface area contributed by atoms with Gasteiger partial charge in [0, 0.05) is 49.9 Å². The third-order valence-corrected chi connectivity index (χ3v) is 5.13. The lowest BCUT2D eigenvalue weighted by molar-refractivity contribution is -0.0332. The molecule has 0 radical (unpaired) electrons. The maximum Gasteiger partial charge on any atom is 0.253 e. The maximum absolute atomic E-state index is 12.8. The minimum absolute atomic E-state index is 0.0463. The van der Waals surface area contributed by atoms with E-state index in [2.05, 4.69) is 9.97 Å². The Balaban J connectivity index is 1.50. The topological polar surface area (TPSA) is 64.6 Å². The largest absolute Gasteiger partial charge is 0.477 e. The summed E-state index contributed by atoms with van der Waals surface area (Å²) < 4.78 is 11.9. The number of amides is 1. The van der Waals surface area contributed by atoms with E-state index < -0.39 is 0 Å². The van der Waals surface area contributed by atoms with Crippen LogP contribution in [0.25, 0.3) is 0 Å². The minimum atomic E-state index is -0.168. The molecule has 2 fully saturated rings. The highest BCUT2D eigenvalue weighted by atomic mass is 16.5. The van der Waals surface area contributed by atoms with Crippen molar-refractivity contribution >= 4 is 5.91 Å². The maximum atomic E-state index is 12.8. The van der Waals surface area contributed by atoms with Crippen molar-refractivity contribution in [1.82, 2.24) is 14.9 Å². The van der Waals surface area contributed by atoms with Crippen molar-refractivity contribution in [3.8, 4) is 5.88 Å². The summed E-state index contributed by atoms with van der Waals surface area (Å²) in [6, 6.07) is 9.14. The Kier molecular flexibility index (Phi) is 4.36. The number of ether oxygens (including phenoxy) is 2. The number of hydrogen-bond donors (Lipinski definition) is 0. The fraction of sp³-hybridized carbons (Fsp3) is 0.421. The smallest absolute Gasteiger partial charge is 0.253 e. The van der Waals surface area contributed by atoms with E-state index in [9.17, 15) is 4.79 Å². The summed E-state index contributed by atoms with van der Waals surface area (Å²) >= 11 is 0. The molecule has 2 aromatic heterocycles. The summed E-state index contributed by atoms with van der Waals surface area (Å²) in [5.74, 6) is 0.657. The third kappa shape index (κ3) is 3.22. The molecule has 6 heteroatoms. The second-order valence-electron chi connectivity index (χ2n) is 6.68. The summed E-state index contributed by atoms with van der Waals surface area (Å²) in [5.41, 5.74) is 0.506. The summed E-state index contributed by atoms with van der Waals surface area (Å²) in [4.78, 5) is 22.9. The van der Waals surface area contributed by atoms with Crippen molar-refractivity contribution in [2.75, 3.05) is 26.3 Å². The van der Waals surface area contributed by atoms with Gasteiger partial charge in [-0.25, -0.2) is 4.98 Å². The second-order valence-corrected chi connectivity index (χ2v) is 6.68. The summed E-state index contributed by atoms with van der Waals surface area (Å²) in [7, 11) is 0. The number of aromatic nitrogens is 2. The predicted octanol–water partition coefficient (Wildman–Crippen LogP) is 2.18. The first kappa shape index (κ1) is 16.0. The normalized spacial score (nSPS) is 25.4. The van der Waals surface area contributed by atoms with Crippen LogP contribution in [0.5, 0.6) is 5.88 Å². The molecule has 0 unspecified atom stereocenters. The van der Waals surface area contributed by atoms with E-state index in [1.807, 2.05) is 23.1 Å². The number of nitrogens with zero attached hydrogens (tertiary/aromatic N) is 3. The first-order valence-electron chi connectivity index (χ1n) is 8.62. The summed E-state index contributed by atoms with van der Waals surface area (Å²) in [6.07, 6.45) is 6.89. The van der Waals surface area contributed by atoms with Gasteiger partial charge < -0.3 is 14.4 Å². The minimum Gasteiger partial charge on any atom is -0.477 e. The van der Waals surface area contributed by atoms with Gasteiger partial charge in [0.05, 0.1) is 18.1 Å². The first-order chi connectivity index (χ1) is 12.3. The Morgan fingerprint density at radius 1 is 1.28 bits per heavy atom. The summed E-state index contributed by atoms with van der Waals surface area (Å²) in [5, 5.41) is 0. The van der Waals surface area contributed by atoms with Gasteiger partial charge in [0.15, 0.2) is 0 Å². The van der Waals surface area contributed by atoms with E-state index >= 15 is 0 Å². The molecule has 2 aromatic rings. The highest BCUT2D eigenvalue weighted by molar-refractivity contribution is 5.94. The van der Waals surface area contributed by atoms with Crippen LogP contribution < -0.4 is 4.74 Å². The molecule has 0 aromatic carbocycles. The van der Waals surface area contributed by atoms with Gasteiger partial charge in [0.2, 0.25) is 5.88 Å². The number of hydrogen-bond acceptors (Lipinski definition) is 5. The lowest BCUT2D eigenvalue weighted by Gasteiger charge is -2.43. The molecule has 4 rings (SSSR count). The molecular formula is C19H21N3O3. The Morgan fingerprint density at radius 3 is 2.96 bits per heavy atom. The molecule has 25 heavy (non-hydrogen) atoms. The quantitative estimate of drug-likeness (QED) is 0.854. The molecule has 6 nitrogen and oxygen atoms in total. The number of carbonyl (C=O) groups is 1. The highest BCUT2D eigenvalue weighted by Gasteiger charge is 2.49. The lowest BCUT2D eigenvalue weighted by Crippen LogP contribution is -2.54. The number of fused-ring (bicyclic) bond motifs is 1. The molecule has 0 spiro atoms.